The van der Waals surface area contributed by atoms with Gasteiger partial charge in [0.05, 0.1) is 38.6 Å². The average molecular weight is 267 g/mol. The predicted molar refractivity (Wildman–Crippen MR) is 63.5 cm³/mol. The molecule has 0 bridgehead atoms. The highest BCUT2D eigenvalue weighted by molar-refractivity contribution is 6.53. The Morgan fingerprint density at radius 2 is 1.88 bits per heavy atom. The second-order valence-electron chi connectivity index (χ2n) is 5.10. The van der Waals surface area contributed by atoms with Gasteiger partial charge in [-0.15, -0.1) is 23.2 Å². The Morgan fingerprint density at radius 1 is 1.38 bits per heavy atom. The minimum Gasteiger partial charge on any atom is -0.335 e. The summed E-state index contributed by atoms with van der Waals surface area (Å²) in [5.41, 5.74) is 2.29. The summed E-state index contributed by atoms with van der Waals surface area (Å²) in [7, 11) is 2.16. The van der Waals surface area contributed by atoms with Gasteiger partial charge >= 0.3 is 0 Å². The number of quaternary nitrogens is 1. The topological polar surface area (TPSA) is 36.8 Å². The number of rotatable bonds is 2. The van der Waals surface area contributed by atoms with Gasteiger partial charge in [-0.3, -0.25) is 10.2 Å². The minimum atomic E-state index is -0.880. The van der Waals surface area contributed by atoms with E-state index in [2.05, 4.69) is 12.5 Å². The molecule has 1 aliphatic heterocycles. The average Bonchev–Trinajstić information content (AvgIpc) is 2.71. The van der Waals surface area contributed by atoms with Crippen molar-refractivity contribution in [2.75, 3.05) is 33.2 Å². The lowest BCUT2D eigenvalue weighted by molar-refractivity contribution is -0.884. The lowest BCUT2D eigenvalue weighted by Gasteiger charge is -2.31. The smallest absolute Gasteiger partial charge is 0.243 e. The Kier molecular flexibility index (Phi) is 3.12. The molecule has 0 radical (unpaired) electrons. The Balaban J connectivity index is 1.85. The van der Waals surface area contributed by atoms with E-state index in [1.54, 1.807) is 0 Å². The minimum absolute atomic E-state index is 0.0583. The Labute approximate surface area is 106 Å². The number of hydrogen-bond donors (Lipinski definition) is 2. The molecule has 6 heteroatoms. The number of carbonyl (C=O) groups excluding carboxylic acids is 1. The van der Waals surface area contributed by atoms with Crippen molar-refractivity contribution < 1.29 is 9.69 Å². The quantitative estimate of drug-likeness (QED) is 0.658. The third kappa shape index (κ3) is 2.16. The number of piperazine rings is 1. The molecule has 16 heavy (non-hydrogen) atoms. The van der Waals surface area contributed by atoms with Crippen LogP contribution in [-0.2, 0) is 4.79 Å². The Hall–Kier alpha value is -0.0300. The maximum Gasteiger partial charge on any atom is 0.243 e. The molecule has 92 valence electrons. The lowest BCUT2D eigenvalue weighted by Crippen LogP contribution is -3.12. The molecule has 0 aromatic heterocycles. The summed E-state index contributed by atoms with van der Waals surface area (Å²) in [5.74, 6) is -0.0583. The molecule has 2 rings (SSSR count). The van der Waals surface area contributed by atoms with Gasteiger partial charge in [0.1, 0.15) is 4.33 Å². The van der Waals surface area contributed by atoms with Gasteiger partial charge in [0.15, 0.2) is 0 Å². The number of hydrazine groups is 1. The first-order valence-electron chi connectivity index (χ1n) is 5.60. The highest BCUT2D eigenvalue weighted by Crippen LogP contribution is 2.63. The normalized spacial score (nSPS) is 34.8. The van der Waals surface area contributed by atoms with E-state index < -0.39 is 9.75 Å². The summed E-state index contributed by atoms with van der Waals surface area (Å²) >= 11 is 11.9. The van der Waals surface area contributed by atoms with E-state index in [9.17, 15) is 4.79 Å². The number of alkyl halides is 2. The summed E-state index contributed by atoms with van der Waals surface area (Å²) < 4.78 is -0.880. The number of nitrogens with zero attached hydrogens (tertiary/aromatic N) is 1. The van der Waals surface area contributed by atoms with Crippen molar-refractivity contribution >= 4 is 29.1 Å². The molecule has 1 aliphatic carbocycles. The van der Waals surface area contributed by atoms with Crippen LogP contribution in [-0.4, -0.2) is 48.5 Å². The van der Waals surface area contributed by atoms with Crippen molar-refractivity contribution in [3.05, 3.63) is 0 Å². The lowest BCUT2D eigenvalue weighted by atomic mass is 10.1. The maximum atomic E-state index is 12.0. The molecule has 1 atom stereocenters. The fourth-order valence-electron chi connectivity index (χ4n) is 1.91. The van der Waals surface area contributed by atoms with Gasteiger partial charge < -0.3 is 4.90 Å². The van der Waals surface area contributed by atoms with Crippen LogP contribution in [0.5, 0.6) is 0 Å². The molecule has 1 saturated heterocycles. The zero-order valence-corrected chi connectivity index (χ0v) is 11.2. The molecule has 0 unspecified atom stereocenters. The van der Waals surface area contributed by atoms with Crippen LogP contribution in [0.2, 0.25) is 0 Å². The van der Waals surface area contributed by atoms with Crippen molar-refractivity contribution in [1.82, 2.24) is 10.4 Å². The van der Waals surface area contributed by atoms with Crippen LogP contribution < -0.4 is 10.3 Å². The highest BCUT2D eigenvalue weighted by atomic mass is 35.5. The Morgan fingerprint density at radius 3 is 2.31 bits per heavy atom. The van der Waals surface area contributed by atoms with Crippen molar-refractivity contribution in [1.29, 1.82) is 0 Å². The summed E-state index contributed by atoms with van der Waals surface area (Å²) in [6.07, 6.45) is 0.536. The molecule has 1 heterocycles. The van der Waals surface area contributed by atoms with Crippen LogP contribution in [0.4, 0.5) is 0 Å². The first kappa shape index (κ1) is 12.4. The van der Waals surface area contributed by atoms with Gasteiger partial charge in [0.2, 0.25) is 5.91 Å². The third-order valence-electron chi connectivity index (χ3n) is 3.64. The number of nitrogens with one attached hydrogen (secondary N) is 2. The Bertz CT molecular complexity index is 302. The maximum absolute atomic E-state index is 12.0. The molecule has 0 aromatic carbocycles. The number of halogens is 2. The molecule has 0 spiro atoms. The second-order valence-corrected chi connectivity index (χ2v) is 6.58. The van der Waals surface area contributed by atoms with Crippen LogP contribution in [0.1, 0.15) is 13.3 Å². The van der Waals surface area contributed by atoms with E-state index in [0.29, 0.717) is 6.42 Å². The van der Waals surface area contributed by atoms with Crippen molar-refractivity contribution in [3.8, 4) is 0 Å². The number of carbonyl (C=O) groups is 1. The van der Waals surface area contributed by atoms with Gasteiger partial charge in [0.25, 0.3) is 0 Å². The molecule has 2 N–H and O–H groups in total. The van der Waals surface area contributed by atoms with E-state index in [0.717, 1.165) is 26.2 Å². The standard InChI is InChI=1S/C10H17Cl2N3O/c1-9(7-10(9,11)12)8(16)13-15-5-3-14(2)4-6-15/h3-7H2,1-2H3,(H,13,16)/p+1/t9-/m0/s1. The van der Waals surface area contributed by atoms with Gasteiger partial charge in [-0.1, -0.05) is 0 Å². The SMILES string of the molecule is C[NH+]1CCN(NC(=O)[C@]2(C)CC2(Cl)Cl)CC1. The van der Waals surface area contributed by atoms with E-state index >= 15 is 0 Å². The van der Waals surface area contributed by atoms with E-state index in [-0.39, 0.29) is 5.91 Å². The van der Waals surface area contributed by atoms with Crippen LogP contribution in [0.25, 0.3) is 0 Å². The zero-order valence-electron chi connectivity index (χ0n) is 9.65. The number of likely N-dealkylation sites (N-methyl/N-ethyl adjacent to an activating group) is 1. The molecular formula is C10H18Cl2N3O+. The molecule has 4 nitrogen and oxygen atoms in total. The van der Waals surface area contributed by atoms with Gasteiger partial charge in [-0.2, -0.15) is 0 Å². The third-order valence-corrected chi connectivity index (χ3v) is 4.74. The summed E-state index contributed by atoms with van der Waals surface area (Å²) in [5, 5.41) is 1.96. The van der Waals surface area contributed by atoms with Gasteiger partial charge in [-0.05, 0) is 13.3 Å². The first-order valence-corrected chi connectivity index (χ1v) is 6.36. The summed E-state index contributed by atoms with van der Waals surface area (Å²) in [6, 6.07) is 0. The fraction of sp³-hybridized carbons (Fsp3) is 0.900. The summed E-state index contributed by atoms with van der Waals surface area (Å²) in [4.78, 5) is 13.5. The van der Waals surface area contributed by atoms with E-state index in [1.807, 2.05) is 11.9 Å². The molecule has 1 amide bonds. The van der Waals surface area contributed by atoms with Gasteiger partial charge in [-0.25, -0.2) is 5.01 Å². The molecule has 1 saturated carbocycles. The van der Waals surface area contributed by atoms with E-state index in [1.165, 1.54) is 4.90 Å². The second kappa shape index (κ2) is 4.02. The van der Waals surface area contributed by atoms with Crippen molar-refractivity contribution in [2.45, 2.75) is 17.7 Å². The van der Waals surface area contributed by atoms with Crippen LogP contribution in [0, 0.1) is 5.41 Å². The monoisotopic (exact) mass is 266 g/mol. The molecule has 0 aromatic rings. The van der Waals surface area contributed by atoms with Crippen LogP contribution >= 0.6 is 23.2 Å². The van der Waals surface area contributed by atoms with Crippen LogP contribution in [0.15, 0.2) is 0 Å². The fourth-order valence-corrected chi connectivity index (χ4v) is 2.62. The molecular weight excluding hydrogens is 249 g/mol. The van der Waals surface area contributed by atoms with Crippen molar-refractivity contribution in [3.63, 3.8) is 0 Å². The summed E-state index contributed by atoms with van der Waals surface area (Å²) in [6.45, 7) is 5.66. The first-order chi connectivity index (χ1) is 7.35. The molecule has 2 aliphatic rings. The number of amides is 1. The van der Waals surface area contributed by atoms with Crippen molar-refractivity contribution in [2.24, 2.45) is 5.41 Å². The largest absolute Gasteiger partial charge is 0.335 e. The zero-order chi connectivity index (χ0) is 12.0. The number of hydrogen-bond acceptors (Lipinski definition) is 2. The predicted octanol–water partition coefficient (Wildman–Crippen LogP) is -0.568. The molecule has 2 fully saturated rings. The van der Waals surface area contributed by atoms with E-state index in [4.69, 9.17) is 23.2 Å². The van der Waals surface area contributed by atoms with Crippen LogP contribution in [0.3, 0.4) is 0 Å². The van der Waals surface area contributed by atoms with Gasteiger partial charge in [0, 0.05) is 0 Å². The highest BCUT2D eigenvalue weighted by Gasteiger charge is 2.68.